The molecule has 0 fully saturated rings. The number of anilines is 1. The first-order chi connectivity index (χ1) is 12.2. The average Bonchev–Trinajstić information content (AvgIpc) is 2.91. The molecule has 2 aromatic rings. The van der Waals surface area contributed by atoms with Crippen LogP contribution in [0.3, 0.4) is 0 Å². The summed E-state index contributed by atoms with van der Waals surface area (Å²) >= 11 is 5.87. The summed E-state index contributed by atoms with van der Waals surface area (Å²) in [7, 11) is -2.07. The molecule has 0 radical (unpaired) electrons. The molecule has 0 N–H and O–H groups in total. The van der Waals surface area contributed by atoms with E-state index in [-0.39, 0.29) is 23.4 Å². The van der Waals surface area contributed by atoms with E-state index < -0.39 is 10.0 Å². The molecule has 0 bridgehead atoms. The van der Waals surface area contributed by atoms with Crippen molar-refractivity contribution in [2.24, 2.45) is 0 Å². The van der Waals surface area contributed by atoms with Gasteiger partial charge in [-0.15, -0.1) is 0 Å². The van der Waals surface area contributed by atoms with E-state index in [0.717, 1.165) is 16.8 Å². The second-order valence-corrected chi connectivity index (χ2v) is 9.10. The van der Waals surface area contributed by atoms with Gasteiger partial charge in [-0.2, -0.15) is 4.31 Å². The number of carbonyl (C=O) groups is 1. The predicted molar refractivity (Wildman–Crippen MR) is 103 cm³/mol. The Balaban J connectivity index is 1.87. The quantitative estimate of drug-likeness (QED) is 0.800. The highest BCUT2D eigenvalue weighted by Crippen LogP contribution is 2.34. The summed E-state index contributed by atoms with van der Waals surface area (Å²) in [5.74, 6) is -0.0355. The molecule has 5 nitrogen and oxygen atoms in total. The van der Waals surface area contributed by atoms with Gasteiger partial charge in [-0.1, -0.05) is 23.7 Å². The number of amides is 1. The molecule has 0 aromatic heterocycles. The van der Waals surface area contributed by atoms with Gasteiger partial charge in [-0.05, 0) is 54.8 Å². The summed E-state index contributed by atoms with van der Waals surface area (Å²) < 4.78 is 27.2. The Kier molecular flexibility index (Phi) is 5.10. The minimum absolute atomic E-state index is 0.0345. The lowest BCUT2D eigenvalue weighted by Crippen LogP contribution is -2.33. The van der Waals surface area contributed by atoms with E-state index in [0.29, 0.717) is 11.4 Å². The molecule has 1 aliphatic heterocycles. The molecule has 7 heteroatoms. The van der Waals surface area contributed by atoms with Crippen molar-refractivity contribution >= 4 is 33.2 Å². The van der Waals surface area contributed by atoms with Crippen molar-refractivity contribution in [3.63, 3.8) is 0 Å². The smallest absolute Gasteiger partial charge is 0.243 e. The van der Waals surface area contributed by atoms with Gasteiger partial charge in [0.1, 0.15) is 0 Å². The lowest BCUT2D eigenvalue weighted by atomic mass is 10.1. The summed E-state index contributed by atoms with van der Waals surface area (Å²) in [6.07, 6.45) is 0.652. The Morgan fingerprint density at radius 3 is 2.50 bits per heavy atom. The third-order valence-corrected chi connectivity index (χ3v) is 6.68. The first-order valence-electron chi connectivity index (χ1n) is 8.33. The van der Waals surface area contributed by atoms with Crippen LogP contribution in [0.4, 0.5) is 5.69 Å². The molecule has 0 aliphatic carbocycles. The standard InChI is InChI=1S/C19H21ClN2O3S/c1-13-10-16-11-18(8-9-19(16)22(13)14(2)23)26(24,25)21(3)12-15-4-6-17(20)7-5-15/h4-9,11,13H,10,12H2,1-3H3. The zero-order valence-corrected chi connectivity index (χ0v) is 16.5. The van der Waals surface area contributed by atoms with Crippen molar-refractivity contribution in [2.75, 3.05) is 11.9 Å². The summed E-state index contributed by atoms with van der Waals surface area (Å²) in [6.45, 7) is 3.74. The lowest BCUT2D eigenvalue weighted by Gasteiger charge is -2.21. The Morgan fingerprint density at radius 2 is 1.88 bits per heavy atom. The minimum Gasteiger partial charge on any atom is -0.309 e. The summed E-state index contributed by atoms with van der Waals surface area (Å²) in [4.78, 5) is 13.8. The zero-order valence-electron chi connectivity index (χ0n) is 14.9. The molecule has 1 heterocycles. The van der Waals surface area contributed by atoms with E-state index in [1.54, 1.807) is 42.3 Å². The van der Waals surface area contributed by atoms with E-state index >= 15 is 0 Å². The summed E-state index contributed by atoms with van der Waals surface area (Å²) in [6, 6.07) is 12.1. The maximum absolute atomic E-state index is 12.9. The van der Waals surface area contributed by atoms with Gasteiger partial charge >= 0.3 is 0 Å². The minimum atomic E-state index is -3.63. The third kappa shape index (κ3) is 3.49. The van der Waals surface area contributed by atoms with Crippen molar-refractivity contribution in [1.29, 1.82) is 0 Å². The van der Waals surface area contributed by atoms with Gasteiger partial charge < -0.3 is 4.90 Å². The second kappa shape index (κ2) is 7.02. The van der Waals surface area contributed by atoms with Crippen LogP contribution < -0.4 is 4.90 Å². The Labute approximate surface area is 159 Å². The molecule has 1 unspecified atom stereocenters. The monoisotopic (exact) mass is 392 g/mol. The summed E-state index contributed by atoms with van der Waals surface area (Å²) in [5, 5.41) is 0.613. The molecule has 1 amide bonds. The van der Waals surface area contributed by atoms with E-state index in [1.165, 1.54) is 11.2 Å². The van der Waals surface area contributed by atoms with Crippen molar-refractivity contribution < 1.29 is 13.2 Å². The highest BCUT2D eigenvalue weighted by Gasteiger charge is 2.31. The Morgan fingerprint density at radius 1 is 1.23 bits per heavy atom. The van der Waals surface area contributed by atoms with Crippen molar-refractivity contribution in [2.45, 2.75) is 37.8 Å². The molecule has 3 rings (SSSR count). The molecule has 138 valence electrons. The molecule has 2 aromatic carbocycles. The number of sulfonamides is 1. The van der Waals surface area contributed by atoms with E-state index in [9.17, 15) is 13.2 Å². The molecule has 0 spiro atoms. The lowest BCUT2D eigenvalue weighted by molar-refractivity contribution is -0.116. The van der Waals surface area contributed by atoms with Crippen LogP contribution in [0.1, 0.15) is 25.0 Å². The number of hydrogen-bond acceptors (Lipinski definition) is 3. The SMILES string of the molecule is CC(=O)N1c2ccc(S(=O)(=O)N(C)Cc3ccc(Cl)cc3)cc2CC1C. The van der Waals surface area contributed by atoms with Crippen LogP contribution in [-0.4, -0.2) is 31.7 Å². The predicted octanol–water partition coefficient (Wildman–Crippen LogP) is 3.46. The molecular weight excluding hydrogens is 372 g/mol. The maximum Gasteiger partial charge on any atom is 0.243 e. The van der Waals surface area contributed by atoms with Gasteiger partial charge in [-0.3, -0.25) is 4.79 Å². The Hall–Kier alpha value is -1.89. The van der Waals surface area contributed by atoms with E-state index in [2.05, 4.69) is 0 Å². The van der Waals surface area contributed by atoms with Gasteiger partial charge in [0.15, 0.2) is 0 Å². The van der Waals surface area contributed by atoms with E-state index in [4.69, 9.17) is 11.6 Å². The number of carbonyl (C=O) groups excluding carboxylic acids is 1. The number of benzene rings is 2. The van der Waals surface area contributed by atoms with Crippen molar-refractivity contribution in [1.82, 2.24) is 4.31 Å². The second-order valence-electron chi connectivity index (χ2n) is 6.62. The van der Waals surface area contributed by atoms with Gasteiger partial charge in [-0.25, -0.2) is 8.42 Å². The van der Waals surface area contributed by atoms with Gasteiger partial charge in [0.05, 0.1) is 4.90 Å². The van der Waals surface area contributed by atoms with Crippen LogP contribution >= 0.6 is 11.6 Å². The number of halogens is 1. The highest BCUT2D eigenvalue weighted by atomic mass is 35.5. The van der Waals surface area contributed by atoms with Crippen LogP contribution in [0.5, 0.6) is 0 Å². The van der Waals surface area contributed by atoms with Crippen LogP contribution in [0, 0.1) is 0 Å². The molecule has 0 saturated carbocycles. The fourth-order valence-electron chi connectivity index (χ4n) is 3.36. The van der Waals surface area contributed by atoms with Crippen LogP contribution in [0.2, 0.25) is 5.02 Å². The van der Waals surface area contributed by atoms with Gasteiger partial charge in [0, 0.05) is 37.3 Å². The number of nitrogens with zero attached hydrogens (tertiary/aromatic N) is 2. The largest absolute Gasteiger partial charge is 0.309 e. The van der Waals surface area contributed by atoms with Crippen molar-refractivity contribution in [3.05, 3.63) is 58.6 Å². The van der Waals surface area contributed by atoms with Crippen LogP contribution in [0.15, 0.2) is 47.4 Å². The molecule has 1 atom stereocenters. The first-order valence-corrected chi connectivity index (χ1v) is 10.2. The number of rotatable bonds is 4. The Bertz CT molecular complexity index is 942. The van der Waals surface area contributed by atoms with Gasteiger partial charge in [0.2, 0.25) is 15.9 Å². The summed E-state index contributed by atoms with van der Waals surface area (Å²) in [5.41, 5.74) is 2.54. The van der Waals surface area contributed by atoms with Crippen molar-refractivity contribution in [3.8, 4) is 0 Å². The molecule has 0 saturated heterocycles. The normalized spacial score (nSPS) is 16.8. The fraction of sp³-hybridized carbons (Fsp3) is 0.316. The van der Waals surface area contributed by atoms with E-state index in [1.807, 2.05) is 19.1 Å². The van der Waals surface area contributed by atoms with Gasteiger partial charge in [0.25, 0.3) is 0 Å². The zero-order chi connectivity index (χ0) is 19.1. The first kappa shape index (κ1) is 18.9. The maximum atomic E-state index is 12.9. The molecule has 1 aliphatic rings. The van der Waals surface area contributed by atoms with Crippen LogP contribution in [0.25, 0.3) is 0 Å². The average molecular weight is 393 g/mol. The fourth-order valence-corrected chi connectivity index (χ4v) is 4.70. The number of hydrogen-bond donors (Lipinski definition) is 0. The number of fused-ring (bicyclic) bond motifs is 1. The van der Waals surface area contributed by atoms with Crippen LogP contribution in [-0.2, 0) is 27.8 Å². The third-order valence-electron chi connectivity index (χ3n) is 4.63. The molecule has 26 heavy (non-hydrogen) atoms. The topological polar surface area (TPSA) is 57.7 Å². The highest BCUT2D eigenvalue weighted by molar-refractivity contribution is 7.89. The molecular formula is C19H21ClN2O3S.